The summed E-state index contributed by atoms with van der Waals surface area (Å²) in [5, 5.41) is 21.3. The van der Waals surface area contributed by atoms with Crippen LogP contribution >= 0.6 is 15.9 Å². The predicted molar refractivity (Wildman–Crippen MR) is 144 cm³/mol. The average molecular weight is 565 g/mol. The molecule has 0 bridgehead atoms. The highest BCUT2D eigenvalue weighted by molar-refractivity contribution is 9.10. The fraction of sp³-hybridized carbons (Fsp3) is 0.0833. The lowest BCUT2D eigenvalue weighted by atomic mass is 10.2. The lowest BCUT2D eigenvalue weighted by Crippen LogP contribution is -2.07. The first kappa shape index (κ1) is 25.3. The molecule has 12 nitrogen and oxygen atoms in total. The second-order valence-corrected chi connectivity index (χ2v) is 8.26. The van der Waals surface area contributed by atoms with Crippen LogP contribution in [0.4, 0.5) is 34.9 Å². The van der Waals surface area contributed by atoms with E-state index in [-0.39, 0.29) is 23.5 Å². The Morgan fingerprint density at radius 2 is 1.46 bits per heavy atom. The highest BCUT2D eigenvalue weighted by atomic mass is 79.9. The van der Waals surface area contributed by atoms with Crippen LogP contribution in [0.15, 0.2) is 76.3 Å². The van der Waals surface area contributed by atoms with Crippen LogP contribution in [0.1, 0.15) is 5.56 Å². The Bertz CT molecular complexity index is 1420. The van der Waals surface area contributed by atoms with Gasteiger partial charge in [0.15, 0.2) is 0 Å². The number of hydrazone groups is 1. The van der Waals surface area contributed by atoms with Gasteiger partial charge in [0, 0.05) is 33.5 Å². The fourth-order valence-corrected chi connectivity index (χ4v) is 3.48. The van der Waals surface area contributed by atoms with E-state index in [2.05, 4.69) is 52.0 Å². The molecular weight excluding hydrogens is 544 g/mol. The van der Waals surface area contributed by atoms with E-state index in [0.717, 1.165) is 15.7 Å². The Hall–Kier alpha value is -4.78. The third kappa shape index (κ3) is 6.89. The van der Waals surface area contributed by atoms with Crippen LogP contribution in [0.3, 0.4) is 0 Å². The summed E-state index contributed by atoms with van der Waals surface area (Å²) >= 11 is 3.43. The van der Waals surface area contributed by atoms with Gasteiger partial charge in [-0.2, -0.15) is 20.1 Å². The first-order valence-corrected chi connectivity index (χ1v) is 11.5. The van der Waals surface area contributed by atoms with Crippen LogP contribution in [0.5, 0.6) is 11.5 Å². The molecular formula is C24H21BrN8O4. The van der Waals surface area contributed by atoms with Crippen LogP contribution in [-0.4, -0.2) is 40.3 Å². The topological polar surface area (TPSA) is 149 Å². The first-order valence-electron chi connectivity index (χ1n) is 10.7. The van der Waals surface area contributed by atoms with Crippen molar-refractivity contribution in [2.45, 2.75) is 0 Å². The highest BCUT2D eigenvalue weighted by Gasteiger charge is 2.10. The summed E-state index contributed by atoms with van der Waals surface area (Å²) in [6.07, 6.45) is 1.58. The molecule has 37 heavy (non-hydrogen) atoms. The highest BCUT2D eigenvalue weighted by Crippen LogP contribution is 2.23. The van der Waals surface area contributed by atoms with Gasteiger partial charge >= 0.3 is 0 Å². The average Bonchev–Trinajstić information content (AvgIpc) is 2.89. The molecule has 1 aromatic heterocycles. The standard InChI is InChI=1S/C24H21BrN8O4/c1-36-20-10-6-18(7-11-20)28-23-29-22(27-17-4-8-19(9-5-17)33(34)35)30-24(31-23)32-26-14-15-13-16(25)3-12-21(15)37-2/h3-14H,1-2H3,(H3,27,28,29,30,31,32)/b26-14+. The van der Waals surface area contributed by atoms with Gasteiger partial charge in [-0.1, -0.05) is 15.9 Å². The molecule has 3 aromatic carbocycles. The smallest absolute Gasteiger partial charge is 0.269 e. The molecule has 13 heteroatoms. The van der Waals surface area contributed by atoms with Crippen LogP contribution in [0.25, 0.3) is 0 Å². The molecule has 0 aliphatic carbocycles. The number of rotatable bonds is 10. The van der Waals surface area contributed by atoms with Crippen LogP contribution in [-0.2, 0) is 0 Å². The summed E-state index contributed by atoms with van der Waals surface area (Å²) in [7, 11) is 3.17. The third-order valence-corrected chi connectivity index (χ3v) is 5.37. The van der Waals surface area contributed by atoms with Crippen molar-refractivity contribution >= 4 is 57.1 Å². The molecule has 0 saturated heterocycles. The number of ether oxygens (including phenoxy) is 2. The quantitative estimate of drug-likeness (QED) is 0.128. The zero-order valence-electron chi connectivity index (χ0n) is 19.7. The maximum Gasteiger partial charge on any atom is 0.269 e. The van der Waals surface area contributed by atoms with Crippen molar-refractivity contribution in [1.29, 1.82) is 0 Å². The molecule has 0 saturated carbocycles. The van der Waals surface area contributed by atoms with Gasteiger partial charge in [-0.15, -0.1) is 0 Å². The molecule has 4 aromatic rings. The number of hydrogen-bond donors (Lipinski definition) is 3. The van der Waals surface area contributed by atoms with Crippen LogP contribution in [0, 0.1) is 10.1 Å². The minimum Gasteiger partial charge on any atom is -0.497 e. The number of benzene rings is 3. The first-order chi connectivity index (χ1) is 17.9. The van der Waals surface area contributed by atoms with Gasteiger partial charge in [-0.05, 0) is 54.6 Å². The number of nitro benzene ring substituents is 1. The molecule has 0 radical (unpaired) electrons. The summed E-state index contributed by atoms with van der Waals surface area (Å²) in [6, 6.07) is 18.7. The molecule has 0 spiro atoms. The lowest BCUT2D eigenvalue weighted by molar-refractivity contribution is -0.384. The van der Waals surface area contributed by atoms with Gasteiger partial charge in [0.1, 0.15) is 11.5 Å². The summed E-state index contributed by atoms with van der Waals surface area (Å²) in [4.78, 5) is 23.6. The Balaban J connectivity index is 1.60. The Kier molecular flexibility index (Phi) is 8.05. The van der Waals surface area contributed by atoms with Crippen LogP contribution in [0.2, 0.25) is 0 Å². The van der Waals surface area contributed by atoms with Gasteiger partial charge in [0.05, 0.1) is 25.4 Å². The van der Waals surface area contributed by atoms with E-state index in [0.29, 0.717) is 17.2 Å². The third-order valence-electron chi connectivity index (χ3n) is 4.88. The number of methoxy groups -OCH3 is 2. The second kappa shape index (κ2) is 11.8. The van der Waals surface area contributed by atoms with Crippen LogP contribution < -0.4 is 25.5 Å². The molecule has 4 rings (SSSR count). The molecule has 188 valence electrons. The van der Waals surface area contributed by atoms with E-state index in [4.69, 9.17) is 9.47 Å². The molecule has 0 amide bonds. The van der Waals surface area contributed by atoms with E-state index >= 15 is 0 Å². The van der Waals surface area contributed by atoms with E-state index in [1.165, 1.54) is 12.1 Å². The summed E-state index contributed by atoms with van der Waals surface area (Å²) in [6.45, 7) is 0. The lowest BCUT2D eigenvalue weighted by Gasteiger charge is -2.10. The van der Waals surface area contributed by atoms with E-state index < -0.39 is 4.92 Å². The van der Waals surface area contributed by atoms with Gasteiger partial charge in [0.2, 0.25) is 17.8 Å². The van der Waals surface area contributed by atoms with E-state index in [1.54, 1.807) is 44.7 Å². The van der Waals surface area contributed by atoms with Crippen molar-refractivity contribution in [3.05, 3.63) is 86.9 Å². The maximum atomic E-state index is 10.9. The zero-order valence-corrected chi connectivity index (χ0v) is 21.3. The van der Waals surface area contributed by atoms with Crippen molar-refractivity contribution < 1.29 is 14.4 Å². The van der Waals surface area contributed by atoms with Crippen molar-refractivity contribution in [2.24, 2.45) is 5.10 Å². The maximum absolute atomic E-state index is 10.9. The molecule has 0 aliphatic heterocycles. The predicted octanol–water partition coefficient (Wildman–Crippen LogP) is 5.49. The fourth-order valence-electron chi connectivity index (χ4n) is 3.10. The van der Waals surface area contributed by atoms with Crippen molar-refractivity contribution in [1.82, 2.24) is 15.0 Å². The monoisotopic (exact) mass is 564 g/mol. The number of nitrogens with zero attached hydrogens (tertiary/aromatic N) is 5. The van der Waals surface area contributed by atoms with E-state index in [1.807, 2.05) is 30.3 Å². The number of nitrogens with one attached hydrogen (secondary N) is 3. The second-order valence-electron chi connectivity index (χ2n) is 7.34. The molecule has 3 N–H and O–H groups in total. The Morgan fingerprint density at radius 1 is 0.865 bits per heavy atom. The van der Waals surface area contributed by atoms with Gasteiger partial charge < -0.3 is 20.1 Å². The minimum absolute atomic E-state index is 0.0253. The molecule has 0 unspecified atom stereocenters. The Labute approximate surface area is 220 Å². The summed E-state index contributed by atoms with van der Waals surface area (Å²) in [5.41, 5.74) is 4.80. The van der Waals surface area contributed by atoms with Gasteiger partial charge in [0.25, 0.3) is 5.69 Å². The Morgan fingerprint density at radius 3 is 2.03 bits per heavy atom. The van der Waals surface area contributed by atoms with Crippen molar-refractivity contribution in [3.63, 3.8) is 0 Å². The number of non-ortho nitro benzene ring substituents is 1. The SMILES string of the molecule is COc1ccc(Nc2nc(N/N=C/c3cc(Br)ccc3OC)nc(Nc3ccc([N+](=O)[O-])cc3)n2)cc1. The van der Waals surface area contributed by atoms with E-state index in [9.17, 15) is 10.1 Å². The number of nitro groups is 1. The van der Waals surface area contributed by atoms with Crippen molar-refractivity contribution in [3.8, 4) is 11.5 Å². The molecule has 0 aliphatic rings. The zero-order chi connectivity index (χ0) is 26.2. The molecule has 1 heterocycles. The van der Waals surface area contributed by atoms with Gasteiger partial charge in [-0.3, -0.25) is 10.1 Å². The molecule has 0 fully saturated rings. The number of anilines is 5. The van der Waals surface area contributed by atoms with Gasteiger partial charge in [-0.25, -0.2) is 5.43 Å². The molecule has 0 atom stereocenters. The number of hydrogen-bond acceptors (Lipinski definition) is 11. The number of halogens is 1. The van der Waals surface area contributed by atoms with Crippen molar-refractivity contribution in [2.75, 3.05) is 30.3 Å². The largest absolute Gasteiger partial charge is 0.497 e. The summed E-state index contributed by atoms with van der Waals surface area (Å²) < 4.78 is 11.4. The summed E-state index contributed by atoms with van der Waals surface area (Å²) in [5.74, 6) is 1.94. The number of aromatic nitrogens is 3. The minimum atomic E-state index is -0.468. The normalized spacial score (nSPS) is 10.7.